The van der Waals surface area contributed by atoms with Crippen LogP contribution in [0.3, 0.4) is 0 Å². The summed E-state index contributed by atoms with van der Waals surface area (Å²) in [6.45, 7) is 7.02. The molecule has 0 aliphatic heterocycles. The maximum absolute atomic E-state index is 12.2. The highest BCUT2D eigenvalue weighted by Crippen LogP contribution is 2.12. The number of nitrogens with one attached hydrogen (secondary N) is 2. The first-order valence-corrected chi connectivity index (χ1v) is 9.38. The van der Waals surface area contributed by atoms with Crippen molar-refractivity contribution in [1.82, 2.24) is 15.6 Å². The van der Waals surface area contributed by atoms with E-state index in [9.17, 15) is 14.4 Å². The first-order chi connectivity index (χ1) is 12.7. The Kier molecular flexibility index (Phi) is 6.68. The van der Waals surface area contributed by atoms with Gasteiger partial charge in [-0.25, -0.2) is 9.78 Å². The molecule has 0 saturated carbocycles. The number of carbonyl (C=O) groups is 3. The largest absolute Gasteiger partial charge is 0.476 e. The Bertz CT molecular complexity index is 822. The highest BCUT2D eigenvalue weighted by Gasteiger charge is 2.14. The molecule has 0 aliphatic rings. The number of nitrogens with zero attached hydrogens (tertiary/aromatic N) is 1. The number of aromatic nitrogens is 1. The molecule has 0 radical (unpaired) electrons. The van der Waals surface area contributed by atoms with Gasteiger partial charge in [0.1, 0.15) is 0 Å². The molecule has 3 N–H and O–H groups in total. The first kappa shape index (κ1) is 20.6. The normalized spacial score (nSPS) is 11.1. The van der Waals surface area contributed by atoms with E-state index in [2.05, 4.69) is 15.6 Å². The van der Waals surface area contributed by atoms with Crippen molar-refractivity contribution in [2.45, 2.75) is 27.2 Å². The summed E-state index contributed by atoms with van der Waals surface area (Å²) in [6, 6.07) is 6.44. The molecule has 1 aromatic carbocycles. The Labute approximate surface area is 161 Å². The van der Waals surface area contributed by atoms with Gasteiger partial charge in [-0.05, 0) is 29.7 Å². The van der Waals surface area contributed by atoms with Crippen molar-refractivity contribution >= 4 is 29.1 Å². The van der Waals surface area contributed by atoms with Gasteiger partial charge in [0.2, 0.25) is 0 Å². The minimum atomic E-state index is -1.06. The molecule has 2 amide bonds. The molecule has 7 nitrogen and oxygen atoms in total. The third-order valence-electron chi connectivity index (χ3n) is 3.58. The number of aromatic carboxylic acids is 1. The first-order valence-electron chi connectivity index (χ1n) is 8.50. The number of amides is 2. The molecular formula is C19H23N3O4S. The lowest BCUT2D eigenvalue weighted by Gasteiger charge is -2.18. The van der Waals surface area contributed by atoms with Crippen molar-refractivity contribution in [2.75, 3.05) is 13.1 Å². The number of hydrogen-bond acceptors (Lipinski definition) is 5. The summed E-state index contributed by atoms with van der Waals surface area (Å²) in [7, 11) is 0. The fourth-order valence-corrected chi connectivity index (χ4v) is 2.90. The van der Waals surface area contributed by atoms with Gasteiger partial charge in [0.15, 0.2) is 5.69 Å². The number of thiazole rings is 1. The quantitative estimate of drug-likeness (QED) is 0.674. The second kappa shape index (κ2) is 8.77. The molecule has 1 heterocycles. The Morgan fingerprint density at radius 3 is 2.07 bits per heavy atom. The zero-order valence-corrected chi connectivity index (χ0v) is 16.4. The van der Waals surface area contributed by atoms with Crippen LogP contribution in [0.4, 0.5) is 0 Å². The van der Waals surface area contributed by atoms with Crippen LogP contribution in [-0.4, -0.2) is 41.0 Å². The Morgan fingerprint density at radius 1 is 1.04 bits per heavy atom. The molecule has 2 aromatic rings. The number of carboxylic acids is 1. The van der Waals surface area contributed by atoms with Crippen molar-refractivity contribution in [2.24, 2.45) is 5.41 Å². The molecule has 2 rings (SSSR count). The van der Waals surface area contributed by atoms with E-state index in [0.717, 1.165) is 0 Å². The average molecular weight is 389 g/mol. The summed E-state index contributed by atoms with van der Waals surface area (Å²) in [4.78, 5) is 39.0. The zero-order valence-electron chi connectivity index (χ0n) is 15.5. The topological polar surface area (TPSA) is 108 Å². The lowest BCUT2D eigenvalue weighted by molar-refractivity contribution is 0.0690. The van der Waals surface area contributed by atoms with Gasteiger partial charge in [0.25, 0.3) is 11.8 Å². The van der Waals surface area contributed by atoms with Crippen molar-refractivity contribution in [3.05, 3.63) is 51.5 Å². The van der Waals surface area contributed by atoms with Crippen LogP contribution in [-0.2, 0) is 6.42 Å². The summed E-state index contributed by atoms with van der Waals surface area (Å²) >= 11 is 1.25. The van der Waals surface area contributed by atoms with Gasteiger partial charge in [-0.15, -0.1) is 11.3 Å². The van der Waals surface area contributed by atoms with Gasteiger partial charge in [0.05, 0.1) is 5.01 Å². The monoisotopic (exact) mass is 389 g/mol. The van der Waals surface area contributed by atoms with Gasteiger partial charge in [-0.3, -0.25) is 9.59 Å². The van der Waals surface area contributed by atoms with Crippen LogP contribution in [0.5, 0.6) is 0 Å². The molecule has 0 atom stereocenters. The SMILES string of the molecule is CC(C)(C)CNC(=O)c1ccc(C(=O)NCCc2nc(C(=O)O)cs2)cc1. The summed E-state index contributed by atoms with van der Waals surface area (Å²) in [5, 5.41) is 16.6. The summed E-state index contributed by atoms with van der Waals surface area (Å²) < 4.78 is 0. The molecule has 144 valence electrons. The second-order valence-electron chi connectivity index (χ2n) is 7.26. The van der Waals surface area contributed by atoms with Gasteiger partial charge < -0.3 is 15.7 Å². The average Bonchev–Trinajstić information content (AvgIpc) is 3.08. The molecule has 1 aromatic heterocycles. The summed E-state index contributed by atoms with van der Waals surface area (Å²) in [5.41, 5.74) is 0.965. The van der Waals surface area contributed by atoms with E-state index in [0.29, 0.717) is 35.6 Å². The van der Waals surface area contributed by atoms with Gasteiger partial charge in [-0.2, -0.15) is 0 Å². The van der Waals surface area contributed by atoms with Crippen molar-refractivity contribution in [3.63, 3.8) is 0 Å². The standard InChI is InChI=1S/C19H23N3O4S/c1-19(2,3)11-21-17(24)13-6-4-12(5-7-13)16(23)20-9-8-15-22-14(10-27-15)18(25)26/h4-7,10H,8-9,11H2,1-3H3,(H,20,23)(H,21,24)(H,25,26). The highest BCUT2D eigenvalue weighted by atomic mass is 32.1. The fraction of sp³-hybridized carbons (Fsp3) is 0.368. The summed E-state index contributed by atoms with van der Waals surface area (Å²) in [5.74, 6) is -1.49. The van der Waals surface area contributed by atoms with E-state index < -0.39 is 5.97 Å². The van der Waals surface area contributed by atoms with Gasteiger partial charge >= 0.3 is 5.97 Å². The molecule has 0 saturated heterocycles. The molecule has 0 spiro atoms. The number of carbonyl (C=O) groups excluding carboxylic acids is 2. The van der Waals surface area contributed by atoms with Crippen LogP contribution < -0.4 is 10.6 Å². The molecule has 0 unspecified atom stereocenters. The van der Waals surface area contributed by atoms with E-state index in [1.165, 1.54) is 16.7 Å². The van der Waals surface area contributed by atoms with E-state index in [1.54, 1.807) is 24.3 Å². The van der Waals surface area contributed by atoms with Crippen molar-refractivity contribution in [3.8, 4) is 0 Å². The molecule has 8 heteroatoms. The predicted molar refractivity (Wildman–Crippen MR) is 103 cm³/mol. The number of hydrogen-bond donors (Lipinski definition) is 3. The molecule has 0 bridgehead atoms. The maximum Gasteiger partial charge on any atom is 0.355 e. The molecule has 27 heavy (non-hydrogen) atoms. The van der Waals surface area contributed by atoms with Gasteiger partial charge in [-0.1, -0.05) is 20.8 Å². The number of rotatable bonds is 7. The van der Waals surface area contributed by atoms with Crippen LogP contribution in [0.25, 0.3) is 0 Å². The fourth-order valence-electron chi connectivity index (χ4n) is 2.13. The predicted octanol–water partition coefficient (Wildman–Crippen LogP) is 2.59. The van der Waals surface area contributed by atoms with Crippen LogP contribution in [0.1, 0.15) is 57.0 Å². The molecular weight excluding hydrogens is 366 g/mol. The minimum Gasteiger partial charge on any atom is -0.476 e. The summed E-state index contributed by atoms with van der Waals surface area (Å²) in [6.07, 6.45) is 0.455. The highest BCUT2D eigenvalue weighted by molar-refractivity contribution is 7.09. The van der Waals surface area contributed by atoms with E-state index >= 15 is 0 Å². The second-order valence-corrected chi connectivity index (χ2v) is 8.20. The Balaban J connectivity index is 1.84. The Morgan fingerprint density at radius 2 is 1.59 bits per heavy atom. The molecule has 0 fully saturated rings. The third-order valence-corrected chi connectivity index (χ3v) is 4.49. The maximum atomic E-state index is 12.2. The van der Waals surface area contributed by atoms with Crippen LogP contribution >= 0.6 is 11.3 Å². The molecule has 0 aliphatic carbocycles. The van der Waals surface area contributed by atoms with Gasteiger partial charge in [0, 0.05) is 36.0 Å². The lowest BCUT2D eigenvalue weighted by Crippen LogP contribution is -2.32. The van der Waals surface area contributed by atoms with Crippen LogP contribution in [0.2, 0.25) is 0 Å². The van der Waals surface area contributed by atoms with Crippen LogP contribution in [0, 0.1) is 5.41 Å². The number of benzene rings is 1. The van der Waals surface area contributed by atoms with E-state index in [4.69, 9.17) is 5.11 Å². The van der Waals surface area contributed by atoms with E-state index in [-0.39, 0.29) is 22.9 Å². The smallest absolute Gasteiger partial charge is 0.355 e. The minimum absolute atomic E-state index is 0.00185. The lowest BCUT2D eigenvalue weighted by atomic mass is 9.97. The van der Waals surface area contributed by atoms with Crippen molar-refractivity contribution in [1.29, 1.82) is 0 Å². The van der Waals surface area contributed by atoms with Crippen LogP contribution in [0.15, 0.2) is 29.6 Å². The Hall–Kier alpha value is -2.74. The number of carboxylic acid groups (broad SMARTS) is 1. The van der Waals surface area contributed by atoms with E-state index in [1.807, 2.05) is 20.8 Å². The van der Waals surface area contributed by atoms with Crippen molar-refractivity contribution < 1.29 is 19.5 Å². The zero-order chi connectivity index (χ0) is 20.0. The third kappa shape index (κ3) is 6.49.